The molecule has 2 heterocycles. The summed E-state index contributed by atoms with van der Waals surface area (Å²) in [6.07, 6.45) is 0. The topological polar surface area (TPSA) is 75.7 Å². The molecule has 0 aromatic heterocycles. The van der Waals surface area contributed by atoms with E-state index >= 15 is 0 Å². The Morgan fingerprint density at radius 1 is 1.33 bits per heavy atom. The molecule has 24 heavy (non-hydrogen) atoms. The van der Waals surface area contributed by atoms with Gasteiger partial charge in [0.15, 0.2) is 0 Å². The predicted molar refractivity (Wildman–Crippen MR) is 95.2 cm³/mol. The van der Waals surface area contributed by atoms with Crippen molar-refractivity contribution in [2.24, 2.45) is 0 Å². The second-order valence-electron chi connectivity index (χ2n) is 5.82. The molecular weight excluding hydrogens is 348 g/mol. The minimum Gasteiger partial charge on any atom is -0.465 e. The molecule has 0 radical (unpaired) electrons. The molecule has 0 unspecified atom stereocenters. The molecule has 2 amide bonds. The van der Waals surface area contributed by atoms with Crippen molar-refractivity contribution >= 4 is 47.0 Å². The Labute approximate surface area is 148 Å². The van der Waals surface area contributed by atoms with Gasteiger partial charge in [-0.1, -0.05) is 0 Å². The molecule has 2 atom stereocenters. The van der Waals surface area contributed by atoms with Crippen LogP contribution in [0, 0.1) is 0 Å². The summed E-state index contributed by atoms with van der Waals surface area (Å²) in [4.78, 5) is 37.7. The standard InChI is InChI=1S/C16H18N2O4S2/c1-16-9-23-8-13(19)18(16)12(7-24-16)14(20)17-11-5-3-10(4-6-11)15(21)22-2/h3-6,12H,7-9H2,1-2H3,(H,17,20)/t12-,16-/m1/s1. The number of benzene rings is 1. The Kier molecular flexibility index (Phi) is 4.78. The van der Waals surface area contributed by atoms with Gasteiger partial charge in [0.1, 0.15) is 6.04 Å². The number of anilines is 1. The van der Waals surface area contributed by atoms with Crippen LogP contribution >= 0.6 is 23.5 Å². The van der Waals surface area contributed by atoms with Crippen molar-refractivity contribution in [2.75, 3.05) is 29.7 Å². The van der Waals surface area contributed by atoms with E-state index in [9.17, 15) is 14.4 Å². The third-order valence-electron chi connectivity index (χ3n) is 4.11. The van der Waals surface area contributed by atoms with Gasteiger partial charge in [0.2, 0.25) is 11.8 Å². The number of carbonyl (C=O) groups excluding carboxylic acids is 3. The third-order valence-corrected chi connectivity index (χ3v) is 6.96. The highest BCUT2D eigenvalue weighted by atomic mass is 32.2. The molecule has 6 nitrogen and oxygen atoms in total. The molecule has 2 fully saturated rings. The first-order valence-electron chi connectivity index (χ1n) is 7.48. The van der Waals surface area contributed by atoms with Crippen LogP contribution < -0.4 is 5.32 Å². The fourth-order valence-corrected chi connectivity index (χ4v) is 5.61. The smallest absolute Gasteiger partial charge is 0.337 e. The number of methoxy groups -OCH3 is 1. The van der Waals surface area contributed by atoms with E-state index in [-0.39, 0.29) is 16.7 Å². The zero-order chi connectivity index (χ0) is 17.3. The number of ether oxygens (including phenoxy) is 1. The highest BCUT2D eigenvalue weighted by Gasteiger charge is 2.51. The first-order chi connectivity index (χ1) is 11.4. The van der Waals surface area contributed by atoms with Crippen molar-refractivity contribution in [1.29, 1.82) is 0 Å². The first-order valence-corrected chi connectivity index (χ1v) is 9.62. The SMILES string of the molecule is COC(=O)c1ccc(NC(=O)[C@H]2CS[C@]3(C)CSCC(=O)N23)cc1. The van der Waals surface area contributed by atoms with Crippen LogP contribution in [0.4, 0.5) is 5.69 Å². The quantitative estimate of drug-likeness (QED) is 0.823. The summed E-state index contributed by atoms with van der Waals surface area (Å²) in [6.45, 7) is 2.01. The largest absolute Gasteiger partial charge is 0.465 e. The van der Waals surface area contributed by atoms with E-state index in [2.05, 4.69) is 10.1 Å². The Morgan fingerprint density at radius 3 is 2.71 bits per heavy atom. The van der Waals surface area contributed by atoms with Gasteiger partial charge in [-0.15, -0.1) is 23.5 Å². The summed E-state index contributed by atoms with van der Waals surface area (Å²) in [5.41, 5.74) is 1.01. The Hall–Kier alpha value is -1.67. The molecule has 2 aliphatic heterocycles. The van der Waals surface area contributed by atoms with Crippen molar-refractivity contribution < 1.29 is 19.1 Å². The normalized spacial score (nSPS) is 26.0. The molecule has 0 bridgehead atoms. The molecule has 1 aromatic rings. The van der Waals surface area contributed by atoms with E-state index in [1.165, 1.54) is 7.11 Å². The lowest BCUT2D eigenvalue weighted by atomic mass is 10.1. The molecule has 1 N–H and O–H groups in total. The maximum atomic E-state index is 12.6. The summed E-state index contributed by atoms with van der Waals surface area (Å²) in [5.74, 6) is 1.24. The Balaban J connectivity index is 1.71. The van der Waals surface area contributed by atoms with Crippen molar-refractivity contribution in [1.82, 2.24) is 4.90 Å². The van der Waals surface area contributed by atoms with Crippen LogP contribution in [-0.2, 0) is 14.3 Å². The van der Waals surface area contributed by atoms with Gasteiger partial charge < -0.3 is 15.0 Å². The number of hydrogen-bond donors (Lipinski definition) is 1. The Morgan fingerprint density at radius 2 is 2.04 bits per heavy atom. The third kappa shape index (κ3) is 3.12. The van der Waals surface area contributed by atoms with Crippen LogP contribution in [0.1, 0.15) is 17.3 Å². The number of thioether (sulfide) groups is 2. The maximum Gasteiger partial charge on any atom is 0.337 e. The van der Waals surface area contributed by atoms with E-state index in [4.69, 9.17) is 0 Å². The van der Waals surface area contributed by atoms with Crippen LogP contribution in [0.15, 0.2) is 24.3 Å². The predicted octanol–water partition coefficient (Wildman–Crippen LogP) is 1.82. The number of hydrogen-bond acceptors (Lipinski definition) is 6. The number of rotatable bonds is 3. The number of amides is 2. The zero-order valence-corrected chi connectivity index (χ0v) is 15.0. The van der Waals surface area contributed by atoms with Gasteiger partial charge in [-0.05, 0) is 31.2 Å². The molecule has 8 heteroatoms. The van der Waals surface area contributed by atoms with Crippen molar-refractivity contribution in [3.05, 3.63) is 29.8 Å². The number of nitrogens with one attached hydrogen (secondary N) is 1. The van der Waals surface area contributed by atoms with Crippen molar-refractivity contribution in [3.8, 4) is 0 Å². The number of esters is 1. The molecule has 1 aromatic carbocycles. The highest BCUT2D eigenvalue weighted by molar-refractivity contribution is 8.04. The first kappa shape index (κ1) is 17.2. The van der Waals surface area contributed by atoms with Gasteiger partial charge in [-0.3, -0.25) is 9.59 Å². The molecular formula is C16H18N2O4S2. The van der Waals surface area contributed by atoms with Crippen LogP contribution in [0.3, 0.4) is 0 Å². The zero-order valence-electron chi connectivity index (χ0n) is 13.4. The molecule has 0 aliphatic carbocycles. The van der Waals surface area contributed by atoms with E-state index in [1.807, 2.05) is 6.92 Å². The van der Waals surface area contributed by atoms with Crippen LogP contribution in [0.25, 0.3) is 0 Å². The van der Waals surface area contributed by atoms with E-state index in [0.29, 0.717) is 22.8 Å². The molecule has 128 valence electrons. The van der Waals surface area contributed by atoms with Crippen LogP contribution in [-0.4, -0.2) is 58.0 Å². The summed E-state index contributed by atoms with van der Waals surface area (Å²) in [6, 6.07) is 6.03. The van der Waals surface area contributed by atoms with E-state index in [1.54, 1.807) is 52.7 Å². The average Bonchev–Trinajstić information content (AvgIpc) is 2.93. The molecule has 2 saturated heterocycles. The second kappa shape index (κ2) is 6.68. The minimum atomic E-state index is -0.464. The Bertz CT molecular complexity index is 679. The monoisotopic (exact) mass is 366 g/mol. The van der Waals surface area contributed by atoms with Gasteiger partial charge in [-0.2, -0.15) is 0 Å². The lowest BCUT2D eigenvalue weighted by Crippen LogP contribution is -2.56. The minimum absolute atomic E-state index is 0.0138. The van der Waals surface area contributed by atoms with Gasteiger partial charge in [0, 0.05) is 17.2 Å². The van der Waals surface area contributed by atoms with Gasteiger partial charge in [0.05, 0.1) is 23.3 Å². The van der Waals surface area contributed by atoms with E-state index < -0.39 is 12.0 Å². The van der Waals surface area contributed by atoms with Gasteiger partial charge in [-0.25, -0.2) is 4.79 Å². The van der Waals surface area contributed by atoms with Crippen LogP contribution in [0.2, 0.25) is 0 Å². The summed E-state index contributed by atoms with van der Waals surface area (Å²) >= 11 is 3.27. The highest BCUT2D eigenvalue weighted by Crippen LogP contribution is 2.44. The summed E-state index contributed by atoms with van der Waals surface area (Å²) in [5, 5.41) is 2.83. The molecule has 0 spiro atoms. The average molecular weight is 366 g/mol. The number of nitrogens with zero attached hydrogens (tertiary/aromatic N) is 1. The van der Waals surface area contributed by atoms with Crippen molar-refractivity contribution in [3.63, 3.8) is 0 Å². The number of carbonyl (C=O) groups is 3. The van der Waals surface area contributed by atoms with Gasteiger partial charge in [0.25, 0.3) is 0 Å². The molecule has 2 aliphatic rings. The number of fused-ring (bicyclic) bond motifs is 1. The fourth-order valence-electron chi connectivity index (χ4n) is 2.90. The van der Waals surface area contributed by atoms with Crippen LogP contribution in [0.5, 0.6) is 0 Å². The lowest BCUT2D eigenvalue weighted by Gasteiger charge is -2.40. The maximum absolute atomic E-state index is 12.6. The molecule has 0 saturated carbocycles. The summed E-state index contributed by atoms with van der Waals surface area (Å²) < 4.78 is 4.65. The van der Waals surface area contributed by atoms with Crippen molar-refractivity contribution in [2.45, 2.75) is 17.8 Å². The second-order valence-corrected chi connectivity index (χ2v) is 8.30. The van der Waals surface area contributed by atoms with Gasteiger partial charge >= 0.3 is 5.97 Å². The fraction of sp³-hybridized carbons (Fsp3) is 0.438. The molecule has 3 rings (SSSR count). The lowest BCUT2D eigenvalue weighted by molar-refractivity contribution is -0.138. The van der Waals surface area contributed by atoms with E-state index in [0.717, 1.165) is 5.75 Å². The summed E-state index contributed by atoms with van der Waals surface area (Å²) in [7, 11) is 1.32.